The van der Waals surface area contributed by atoms with E-state index in [1.165, 1.54) is 0 Å². The number of rotatable bonds is 6. The monoisotopic (exact) mass is 374 g/mol. The average molecular weight is 375 g/mol. The molecule has 4 nitrogen and oxygen atoms in total. The van der Waals surface area contributed by atoms with Gasteiger partial charge in [-0.05, 0) is 30.2 Å². The number of hydrogen-bond acceptors (Lipinski definition) is 3. The van der Waals surface area contributed by atoms with Crippen LogP contribution in [0.5, 0.6) is 5.75 Å². The number of nitrogens with zero attached hydrogens (tertiary/aromatic N) is 2. The third kappa shape index (κ3) is 4.03. The molecule has 0 unspecified atom stereocenters. The first-order valence-electron chi connectivity index (χ1n) is 7.71. The molecular formula is C19H16Cl2N2O2. The van der Waals surface area contributed by atoms with Gasteiger partial charge < -0.3 is 9.30 Å². The zero-order valence-corrected chi connectivity index (χ0v) is 15.1. The van der Waals surface area contributed by atoms with Crippen molar-refractivity contribution in [1.82, 2.24) is 9.55 Å². The fourth-order valence-corrected chi connectivity index (χ4v) is 3.01. The Bertz CT molecular complexity index is 892. The predicted octanol–water partition coefficient (Wildman–Crippen LogP) is 4.94. The molecule has 25 heavy (non-hydrogen) atoms. The molecule has 0 bridgehead atoms. The van der Waals surface area contributed by atoms with Crippen molar-refractivity contribution in [3.63, 3.8) is 0 Å². The van der Waals surface area contributed by atoms with Crippen molar-refractivity contribution >= 4 is 29.5 Å². The normalized spacial score (nSPS) is 10.7. The molecule has 128 valence electrons. The molecule has 0 atom stereocenters. The van der Waals surface area contributed by atoms with E-state index in [1.54, 1.807) is 17.6 Å². The number of hydrogen-bond donors (Lipinski definition) is 0. The van der Waals surface area contributed by atoms with Crippen molar-refractivity contribution < 1.29 is 9.53 Å². The molecule has 0 radical (unpaired) electrons. The van der Waals surface area contributed by atoms with Crippen LogP contribution in [0.25, 0.3) is 0 Å². The molecule has 0 aliphatic heterocycles. The first-order valence-corrected chi connectivity index (χ1v) is 8.47. The number of carbonyl (C=O) groups is 1. The van der Waals surface area contributed by atoms with Gasteiger partial charge in [-0.1, -0.05) is 59.6 Å². The van der Waals surface area contributed by atoms with Crippen LogP contribution in [0.4, 0.5) is 0 Å². The zero-order chi connectivity index (χ0) is 17.8. The molecule has 1 aromatic heterocycles. The van der Waals surface area contributed by atoms with E-state index in [2.05, 4.69) is 4.98 Å². The van der Waals surface area contributed by atoms with Crippen molar-refractivity contribution in [3.05, 3.63) is 81.4 Å². The van der Waals surface area contributed by atoms with Crippen LogP contribution in [0.15, 0.2) is 48.5 Å². The van der Waals surface area contributed by atoms with E-state index >= 15 is 0 Å². The van der Waals surface area contributed by atoms with Gasteiger partial charge in [0.05, 0.1) is 6.54 Å². The molecule has 1 heterocycles. The Morgan fingerprint density at radius 1 is 1.16 bits per heavy atom. The molecule has 0 fully saturated rings. The highest BCUT2D eigenvalue weighted by Gasteiger charge is 2.14. The summed E-state index contributed by atoms with van der Waals surface area (Å²) in [4.78, 5) is 15.3. The summed E-state index contributed by atoms with van der Waals surface area (Å²) >= 11 is 12.3. The number of imidazole rings is 1. The minimum atomic E-state index is 0.200. The van der Waals surface area contributed by atoms with Gasteiger partial charge >= 0.3 is 0 Å². The number of ether oxygens (including phenoxy) is 1. The van der Waals surface area contributed by atoms with Crippen LogP contribution in [0, 0.1) is 6.92 Å². The fourth-order valence-electron chi connectivity index (χ4n) is 2.51. The highest BCUT2D eigenvalue weighted by molar-refractivity contribution is 6.32. The Morgan fingerprint density at radius 2 is 1.92 bits per heavy atom. The van der Waals surface area contributed by atoms with Crippen molar-refractivity contribution in [2.75, 3.05) is 0 Å². The van der Waals surface area contributed by atoms with E-state index in [1.807, 2.05) is 42.5 Å². The Morgan fingerprint density at radius 3 is 2.60 bits per heavy atom. The van der Waals surface area contributed by atoms with E-state index in [9.17, 15) is 4.79 Å². The average Bonchev–Trinajstić information content (AvgIpc) is 2.89. The summed E-state index contributed by atoms with van der Waals surface area (Å²) in [5.74, 6) is 1.35. The maximum atomic E-state index is 11.2. The first kappa shape index (κ1) is 17.5. The highest BCUT2D eigenvalue weighted by Crippen LogP contribution is 2.26. The number of aldehydes is 1. The standard InChI is InChI=1S/C19H16Cl2N2O2/c1-13-22-19(21)18(11-24)23(13)10-15-7-8-16(9-17(15)20)25-12-14-5-3-2-4-6-14/h2-9,11H,10,12H2,1H3. The lowest BCUT2D eigenvalue weighted by atomic mass is 10.2. The number of halogens is 2. The molecule has 2 aromatic carbocycles. The minimum absolute atomic E-state index is 0.200. The molecule has 0 spiro atoms. The maximum Gasteiger partial charge on any atom is 0.169 e. The van der Waals surface area contributed by atoms with E-state index in [4.69, 9.17) is 27.9 Å². The fraction of sp³-hybridized carbons (Fsp3) is 0.158. The van der Waals surface area contributed by atoms with Gasteiger partial charge in [-0.25, -0.2) is 4.98 Å². The van der Waals surface area contributed by atoms with Crippen molar-refractivity contribution in [2.45, 2.75) is 20.1 Å². The summed E-state index contributed by atoms with van der Waals surface area (Å²) in [5, 5.41) is 0.762. The van der Waals surface area contributed by atoms with E-state index in [0.29, 0.717) is 41.7 Å². The van der Waals surface area contributed by atoms with Crippen LogP contribution >= 0.6 is 23.2 Å². The second-order valence-electron chi connectivity index (χ2n) is 5.57. The molecule has 6 heteroatoms. The largest absolute Gasteiger partial charge is 0.489 e. The van der Waals surface area contributed by atoms with Crippen LogP contribution in [0.2, 0.25) is 10.2 Å². The van der Waals surface area contributed by atoms with Crippen molar-refractivity contribution in [3.8, 4) is 5.75 Å². The highest BCUT2D eigenvalue weighted by atomic mass is 35.5. The molecule has 0 saturated heterocycles. The molecule has 0 amide bonds. The van der Waals surface area contributed by atoms with Gasteiger partial charge in [0.15, 0.2) is 11.4 Å². The van der Waals surface area contributed by atoms with Gasteiger partial charge in [-0.2, -0.15) is 0 Å². The van der Waals surface area contributed by atoms with Crippen LogP contribution in [-0.4, -0.2) is 15.8 Å². The van der Waals surface area contributed by atoms with Crippen LogP contribution in [0.1, 0.15) is 27.4 Å². The number of aryl methyl sites for hydroxylation is 1. The minimum Gasteiger partial charge on any atom is -0.489 e. The SMILES string of the molecule is Cc1nc(Cl)c(C=O)n1Cc1ccc(OCc2ccccc2)cc1Cl. The molecule has 0 aliphatic carbocycles. The molecule has 0 aliphatic rings. The Hall–Kier alpha value is -2.30. The summed E-state index contributed by atoms with van der Waals surface area (Å²) in [6.07, 6.45) is 0.702. The Labute approximate surface area is 156 Å². The van der Waals surface area contributed by atoms with Crippen LogP contribution < -0.4 is 4.74 Å². The van der Waals surface area contributed by atoms with E-state index in [0.717, 1.165) is 11.1 Å². The number of aromatic nitrogens is 2. The summed E-state index contributed by atoms with van der Waals surface area (Å²) < 4.78 is 7.51. The number of carbonyl (C=O) groups excluding carboxylic acids is 1. The van der Waals surface area contributed by atoms with Crippen LogP contribution in [-0.2, 0) is 13.2 Å². The summed E-state index contributed by atoms with van der Waals surface area (Å²) in [6.45, 7) is 2.68. The maximum absolute atomic E-state index is 11.2. The smallest absolute Gasteiger partial charge is 0.169 e. The first-order chi connectivity index (χ1) is 12.1. The van der Waals surface area contributed by atoms with Gasteiger partial charge in [0.1, 0.15) is 23.9 Å². The lowest BCUT2D eigenvalue weighted by Gasteiger charge is -2.11. The summed E-state index contributed by atoms with van der Waals surface area (Å²) in [7, 11) is 0. The molecular weight excluding hydrogens is 359 g/mol. The second-order valence-corrected chi connectivity index (χ2v) is 6.33. The lowest BCUT2D eigenvalue weighted by Crippen LogP contribution is -2.06. The van der Waals surface area contributed by atoms with Gasteiger partial charge in [0, 0.05) is 5.02 Å². The summed E-state index contributed by atoms with van der Waals surface area (Å²) in [5.41, 5.74) is 2.29. The van der Waals surface area contributed by atoms with Crippen molar-refractivity contribution in [1.29, 1.82) is 0 Å². The second kappa shape index (κ2) is 7.72. The number of benzene rings is 2. The predicted molar refractivity (Wildman–Crippen MR) is 98.7 cm³/mol. The third-order valence-electron chi connectivity index (χ3n) is 3.87. The van der Waals surface area contributed by atoms with Gasteiger partial charge in [0.25, 0.3) is 0 Å². The van der Waals surface area contributed by atoms with Crippen molar-refractivity contribution in [2.24, 2.45) is 0 Å². The van der Waals surface area contributed by atoms with Crippen LogP contribution in [0.3, 0.4) is 0 Å². The molecule has 3 rings (SSSR count). The lowest BCUT2D eigenvalue weighted by molar-refractivity contribution is 0.111. The Kier molecular flexibility index (Phi) is 5.41. The Balaban J connectivity index is 1.75. The van der Waals surface area contributed by atoms with Gasteiger partial charge in [-0.15, -0.1) is 0 Å². The zero-order valence-electron chi connectivity index (χ0n) is 13.6. The molecule has 0 N–H and O–H groups in total. The molecule has 0 saturated carbocycles. The van der Waals surface area contributed by atoms with E-state index in [-0.39, 0.29) is 5.15 Å². The van der Waals surface area contributed by atoms with Gasteiger partial charge in [-0.3, -0.25) is 4.79 Å². The summed E-state index contributed by atoms with van der Waals surface area (Å²) in [6, 6.07) is 15.4. The van der Waals surface area contributed by atoms with Gasteiger partial charge in [0.2, 0.25) is 0 Å². The topological polar surface area (TPSA) is 44.1 Å². The third-order valence-corrected chi connectivity index (χ3v) is 4.50. The van der Waals surface area contributed by atoms with E-state index < -0.39 is 0 Å². The quantitative estimate of drug-likeness (QED) is 0.574. The molecule has 3 aromatic rings.